The Morgan fingerprint density at radius 2 is 1.92 bits per heavy atom. The second-order valence-corrected chi connectivity index (χ2v) is 5.76. The van der Waals surface area contributed by atoms with E-state index >= 15 is 0 Å². The summed E-state index contributed by atoms with van der Waals surface area (Å²) in [6, 6.07) is 0. The average molecular weight is 299 g/mol. The third-order valence-corrected chi connectivity index (χ3v) is 3.09. The lowest BCUT2D eigenvalue weighted by Gasteiger charge is -2.40. The number of alkyl halides is 1. The molecule has 0 amide bonds. The first-order chi connectivity index (χ1) is 6.04. The summed E-state index contributed by atoms with van der Waals surface area (Å²) in [6.07, 6.45) is 0. The average Bonchev–Trinajstić information content (AvgIpc) is 2.04. The molecule has 1 saturated heterocycles. The Balaban J connectivity index is 2.30. The second kappa shape index (κ2) is 4.88. The highest BCUT2D eigenvalue weighted by Crippen LogP contribution is 2.18. The topological polar surface area (TPSA) is 52.7 Å². The molecule has 3 N–H and O–H groups in total. The Morgan fingerprint density at radius 1 is 1.38 bits per heavy atom. The van der Waals surface area contributed by atoms with Gasteiger partial charge in [-0.3, -0.25) is 9.80 Å². The van der Waals surface area contributed by atoms with Gasteiger partial charge in [0, 0.05) is 32.7 Å². The Bertz CT molecular complexity index is 152. The van der Waals surface area contributed by atoms with Gasteiger partial charge in [-0.05, 0) is 29.5 Å². The van der Waals surface area contributed by atoms with Gasteiger partial charge in [0.25, 0.3) is 0 Å². The third kappa shape index (κ3) is 3.67. The number of hydrogen-bond acceptors (Lipinski definition) is 4. The number of nitrogens with zero attached hydrogens (tertiary/aromatic N) is 2. The molecule has 1 aliphatic heterocycles. The fraction of sp³-hybridized carbons (Fsp3) is 1.00. The molecule has 0 radical (unpaired) electrons. The Morgan fingerprint density at radius 3 is 2.31 bits per heavy atom. The molecule has 0 aromatic rings. The molecular formula is C8H18IN3O. The predicted octanol–water partition coefficient (Wildman–Crippen LogP) is -0.336. The van der Waals surface area contributed by atoms with Crippen LogP contribution in [-0.4, -0.2) is 57.9 Å². The summed E-state index contributed by atoms with van der Waals surface area (Å²) in [6.45, 7) is 7.08. The summed E-state index contributed by atoms with van der Waals surface area (Å²) < 4.78 is -0.233. The highest BCUT2D eigenvalue weighted by atomic mass is 127. The summed E-state index contributed by atoms with van der Waals surface area (Å²) in [5.41, 5.74) is 5.97. The van der Waals surface area contributed by atoms with Gasteiger partial charge in [0.2, 0.25) is 0 Å². The minimum Gasteiger partial charge on any atom is -0.395 e. The zero-order valence-corrected chi connectivity index (χ0v) is 10.2. The lowest BCUT2D eigenvalue weighted by Crippen LogP contribution is -2.57. The molecule has 0 bridgehead atoms. The molecule has 1 atom stereocenters. The van der Waals surface area contributed by atoms with Crippen molar-refractivity contribution in [1.82, 2.24) is 9.80 Å². The molecule has 1 rings (SSSR count). The Kier molecular flexibility index (Phi) is 4.37. The number of β-amino-alcohol motifs (C(OH)–C–C–N with tert-alkyl or cyclic N) is 1. The van der Waals surface area contributed by atoms with Gasteiger partial charge in [0.05, 0.1) is 6.61 Å². The Hall–Kier alpha value is 0.570. The van der Waals surface area contributed by atoms with Crippen LogP contribution in [0.4, 0.5) is 0 Å². The maximum atomic E-state index is 8.76. The van der Waals surface area contributed by atoms with E-state index < -0.39 is 0 Å². The molecule has 0 saturated carbocycles. The molecule has 0 aromatic heterocycles. The molecule has 0 aromatic carbocycles. The van der Waals surface area contributed by atoms with Crippen LogP contribution in [0.5, 0.6) is 0 Å². The first kappa shape index (κ1) is 11.6. The first-order valence-electron chi connectivity index (χ1n) is 4.60. The normalized spacial score (nSPS) is 25.8. The number of hydrogen-bond donors (Lipinski definition) is 2. The first-order valence-corrected chi connectivity index (χ1v) is 5.68. The van der Waals surface area contributed by atoms with Gasteiger partial charge in [-0.2, -0.15) is 0 Å². The van der Waals surface area contributed by atoms with Crippen molar-refractivity contribution in [2.24, 2.45) is 5.73 Å². The molecule has 78 valence electrons. The number of aliphatic hydroxyl groups excluding tert-OH is 1. The molecule has 1 aliphatic rings. The van der Waals surface area contributed by atoms with Crippen molar-refractivity contribution in [1.29, 1.82) is 0 Å². The van der Waals surface area contributed by atoms with E-state index in [1.165, 1.54) is 0 Å². The van der Waals surface area contributed by atoms with Gasteiger partial charge in [-0.25, -0.2) is 0 Å². The molecule has 0 aliphatic carbocycles. The number of rotatable bonds is 3. The number of halogens is 1. The fourth-order valence-corrected chi connectivity index (χ4v) is 2.03. The largest absolute Gasteiger partial charge is 0.395 e. The number of piperazine rings is 1. The van der Waals surface area contributed by atoms with Gasteiger partial charge < -0.3 is 10.8 Å². The number of aliphatic hydroxyl groups is 1. The van der Waals surface area contributed by atoms with Gasteiger partial charge in [0.15, 0.2) is 0 Å². The van der Waals surface area contributed by atoms with Gasteiger partial charge in [-0.15, -0.1) is 0 Å². The van der Waals surface area contributed by atoms with Gasteiger partial charge >= 0.3 is 0 Å². The summed E-state index contributed by atoms with van der Waals surface area (Å²) in [7, 11) is 0. The molecule has 5 heteroatoms. The van der Waals surface area contributed by atoms with Crippen molar-refractivity contribution < 1.29 is 5.11 Å². The van der Waals surface area contributed by atoms with Gasteiger partial charge in [-0.1, -0.05) is 0 Å². The summed E-state index contributed by atoms with van der Waals surface area (Å²) in [4.78, 5) is 4.53. The minimum absolute atomic E-state index is 0.233. The maximum absolute atomic E-state index is 8.76. The molecule has 0 spiro atoms. The van der Waals surface area contributed by atoms with Crippen LogP contribution in [0, 0.1) is 0 Å². The van der Waals surface area contributed by atoms with Crippen LogP contribution in [0.3, 0.4) is 0 Å². The maximum Gasteiger partial charge on any atom is 0.119 e. The van der Waals surface area contributed by atoms with Crippen LogP contribution in [0.15, 0.2) is 0 Å². The van der Waals surface area contributed by atoms with Crippen molar-refractivity contribution in [3.8, 4) is 0 Å². The molecular weight excluding hydrogens is 281 g/mol. The van der Waals surface area contributed by atoms with Crippen LogP contribution in [0.25, 0.3) is 0 Å². The van der Waals surface area contributed by atoms with Crippen LogP contribution >= 0.6 is 22.6 Å². The van der Waals surface area contributed by atoms with E-state index in [1.54, 1.807) is 0 Å². The zero-order chi connectivity index (χ0) is 9.90. The molecule has 1 fully saturated rings. The lowest BCUT2D eigenvalue weighted by molar-refractivity contribution is 0.0851. The smallest absolute Gasteiger partial charge is 0.119 e. The van der Waals surface area contributed by atoms with Crippen molar-refractivity contribution >= 4 is 22.6 Å². The standard InChI is InChI=1S/C8H18IN3O/c1-8(9,10)12-4-2-11(3-5-12)6-7-13/h13H,2-7,10H2,1H3/t8-/m0/s1. The minimum atomic E-state index is -0.233. The third-order valence-electron chi connectivity index (χ3n) is 2.41. The summed E-state index contributed by atoms with van der Waals surface area (Å²) >= 11 is 2.26. The molecule has 13 heavy (non-hydrogen) atoms. The summed E-state index contributed by atoms with van der Waals surface area (Å²) in [5.74, 6) is 0. The highest BCUT2D eigenvalue weighted by Gasteiger charge is 2.27. The highest BCUT2D eigenvalue weighted by molar-refractivity contribution is 14.1. The predicted molar refractivity (Wildman–Crippen MR) is 61.7 cm³/mol. The Labute approximate surface area is 93.2 Å². The van der Waals surface area contributed by atoms with Crippen LogP contribution in [0.1, 0.15) is 6.92 Å². The quantitative estimate of drug-likeness (QED) is 0.425. The lowest BCUT2D eigenvalue weighted by atomic mass is 10.3. The van der Waals surface area contributed by atoms with E-state index in [2.05, 4.69) is 32.4 Å². The molecule has 1 heterocycles. The van der Waals surface area contributed by atoms with Crippen molar-refractivity contribution in [3.05, 3.63) is 0 Å². The van der Waals surface area contributed by atoms with Crippen LogP contribution in [0.2, 0.25) is 0 Å². The molecule has 4 nitrogen and oxygen atoms in total. The zero-order valence-electron chi connectivity index (χ0n) is 8.04. The fourth-order valence-electron chi connectivity index (χ4n) is 1.55. The van der Waals surface area contributed by atoms with E-state index in [4.69, 9.17) is 10.8 Å². The van der Waals surface area contributed by atoms with E-state index in [-0.39, 0.29) is 10.3 Å². The van der Waals surface area contributed by atoms with Crippen molar-refractivity contribution in [3.63, 3.8) is 0 Å². The SMILES string of the molecule is C[C@@](N)(I)N1CCN(CCO)CC1. The molecule has 0 unspecified atom stereocenters. The van der Waals surface area contributed by atoms with Crippen molar-refractivity contribution in [2.45, 2.75) is 10.6 Å². The van der Waals surface area contributed by atoms with Crippen molar-refractivity contribution in [2.75, 3.05) is 39.3 Å². The second-order valence-electron chi connectivity index (χ2n) is 3.58. The van der Waals surface area contributed by atoms with E-state index in [9.17, 15) is 0 Å². The van der Waals surface area contributed by atoms with Crippen LogP contribution in [-0.2, 0) is 0 Å². The summed E-state index contributed by atoms with van der Waals surface area (Å²) in [5, 5.41) is 8.76. The van der Waals surface area contributed by atoms with E-state index in [0.717, 1.165) is 32.7 Å². The number of nitrogens with two attached hydrogens (primary N) is 1. The monoisotopic (exact) mass is 299 g/mol. The van der Waals surface area contributed by atoms with E-state index in [1.807, 2.05) is 6.92 Å². The van der Waals surface area contributed by atoms with Gasteiger partial charge in [0.1, 0.15) is 3.67 Å². The van der Waals surface area contributed by atoms with Crippen LogP contribution < -0.4 is 5.73 Å². The van der Waals surface area contributed by atoms with E-state index in [0.29, 0.717) is 0 Å².